The number of hydrogen-bond acceptors (Lipinski definition) is 6. The van der Waals surface area contributed by atoms with Crippen molar-refractivity contribution in [3.05, 3.63) is 53.3 Å². The smallest absolute Gasteiger partial charge is 0.489 e. The van der Waals surface area contributed by atoms with Gasteiger partial charge in [0.1, 0.15) is 12.4 Å². The van der Waals surface area contributed by atoms with Crippen LogP contribution in [0.25, 0.3) is 0 Å². The van der Waals surface area contributed by atoms with Crippen molar-refractivity contribution in [3.8, 4) is 5.75 Å². The first-order valence-electron chi connectivity index (χ1n) is 10.8. The van der Waals surface area contributed by atoms with Gasteiger partial charge >= 0.3 is 6.16 Å². The number of anilines is 1. The maximum absolute atomic E-state index is 11.4. The van der Waals surface area contributed by atoms with Crippen LogP contribution in [0.3, 0.4) is 0 Å². The van der Waals surface area contributed by atoms with Crippen molar-refractivity contribution in [1.82, 2.24) is 9.88 Å². The number of fused-ring (bicyclic) bond motifs is 1. The van der Waals surface area contributed by atoms with Crippen LogP contribution >= 0.6 is 0 Å². The summed E-state index contributed by atoms with van der Waals surface area (Å²) in [6.45, 7) is 4.73. The van der Waals surface area contributed by atoms with Gasteiger partial charge in [0.2, 0.25) is 0 Å². The highest BCUT2D eigenvalue weighted by atomic mass is 16.7. The molecule has 2 aliphatic rings. The Labute approximate surface area is 187 Å². The molecule has 4 rings (SSSR count). The first-order chi connectivity index (χ1) is 15.3. The molecule has 1 saturated heterocycles. The number of carbonyl (C=O) groups is 1. The molecule has 2 aliphatic heterocycles. The topological polar surface area (TPSA) is 125 Å². The van der Waals surface area contributed by atoms with E-state index in [0.717, 1.165) is 29.9 Å². The fourth-order valence-corrected chi connectivity index (χ4v) is 4.40. The molecule has 1 fully saturated rings. The predicted octanol–water partition coefficient (Wildman–Crippen LogP) is 2.75. The highest BCUT2D eigenvalue weighted by molar-refractivity contribution is 5.75. The lowest BCUT2D eigenvalue weighted by Crippen LogP contribution is -2.50. The van der Waals surface area contributed by atoms with E-state index in [9.17, 15) is 9.90 Å². The highest BCUT2D eigenvalue weighted by Gasteiger charge is 2.39. The third-order valence-corrected chi connectivity index (χ3v) is 6.26. The van der Waals surface area contributed by atoms with E-state index in [1.807, 2.05) is 42.2 Å². The molecule has 0 unspecified atom stereocenters. The lowest BCUT2D eigenvalue weighted by Gasteiger charge is -2.41. The normalized spacial score (nSPS) is 17.4. The number of rotatable bonds is 5. The molecule has 3 heterocycles. The third kappa shape index (κ3) is 4.87. The van der Waals surface area contributed by atoms with Crippen LogP contribution in [0, 0.1) is 12.3 Å². The van der Waals surface area contributed by atoms with Crippen LogP contribution < -0.4 is 15.4 Å². The summed E-state index contributed by atoms with van der Waals surface area (Å²) >= 11 is 0. The van der Waals surface area contributed by atoms with Gasteiger partial charge < -0.3 is 30.1 Å². The van der Waals surface area contributed by atoms with E-state index >= 15 is 0 Å². The number of nitrogens with zero attached hydrogens (tertiary/aromatic N) is 3. The largest absolute Gasteiger partial charge is 0.506 e. The number of aryl methyl sites for hydroxylation is 1. The SMILES string of the molecule is Cc1cc(N2CCC(COc3ccc4c(c3)CN(C(=N)N)CC4)(OC(=O)O)CC2)ccn1. The standard InChI is InChI=1S/C23H29N5O4/c1-16-12-19(4-8-26-16)27-10-6-23(7-11-27,32-22(29)30)15-31-20-3-2-17-5-9-28(21(24)25)14-18(17)13-20/h2-4,8,12-13H,5-7,9-11,14-15H2,1H3,(H3,24,25)(H,29,30). The zero-order valence-corrected chi connectivity index (χ0v) is 18.2. The first kappa shape index (κ1) is 21.7. The molecule has 0 atom stereocenters. The summed E-state index contributed by atoms with van der Waals surface area (Å²) in [5.41, 5.74) is 9.05. The van der Waals surface area contributed by atoms with E-state index in [1.165, 1.54) is 5.56 Å². The lowest BCUT2D eigenvalue weighted by atomic mass is 9.91. The average Bonchev–Trinajstić information content (AvgIpc) is 2.77. The van der Waals surface area contributed by atoms with Gasteiger partial charge in [-0.2, -0.15) is 0 Å². The van der Waals surface area contributed by atoms with Gasteiger partial charge in [-0.3, -0.25) is 10.4 Å². The van der Waals surface area contributed by atoms with Gasteiger partial charge in [-0.1, -0.05) is 6.07 Å². The molecule has 170 valence electrons. The van der Waals surface area contributed by atoms with Crippen molar-refractivity contribution in [1.29, 1.82) is 5.41 Å². The molecule has 0 amide bonds. The lowest BCUT2D eigenvalue weighted by molar-refractivity contribution is -0.0593. The zero-order chi connectivity index (χ0) is 22.7. The summed E-state index contributed by atoms with van der Waals surface area (Å²) in [6.07, 6.45) is 2.38. The number of carboxylic acid groups (broad SMARTS) is 1. The predicted molar refractivity (Wildman–Crippen MR) is 120 cm³/mol. The van der Waals surface area contributed by atoms with E-state index in [1.54, 1.807) is 6.20 Å². The number of ether oxygens (including phenoxy) is 2. The molecule has 0 bridgehead atoms. The number of pyridine rings is 1. The van der Waals surface area contributed by atoms with Gasteiger partial charge in [0.25, 0.3) is 0 Å². The molecule has 0 aliphatic carbocycles. The van der Waals surface area contributed by atoms with Gasteiger partial charge in [-0.05, 0) is 48.7 Å². The second-order valence-electron chi connectivity index (χ2n) is 8.47. The maximum atomic E-state index is 11.4. The quantitative estimate of drug-likeness (QED) is 0.369. The molecule has 2 aromatic rings. The number of piperidine rings is 1. The van der Waals surface area contributed by atoms with Crippen LogP contribution in [-0.2, 0) is 17.7 Å². The molecular formula is C23H29N5O4. The van der Waals surface area contributed by atoms with Gasteiger partial charge in [0.05, 0.1) is 0 Å². The molecule has 9 heteroatoms. The van der Waals surface area contributed by atoms with Crippen LogP contribution in [0.1, 0.15) is 29.7 Å². The summed E-state index contributed by atoms with van der Waals surface area (Å²) in [4.78, 5) is 19.7. The van der Waals surface area contributed by atoms with Gasteiger partial charge in [-0.15, -0.1) is 0 Å². The number of aromatic nitrogens is 1. The highest BCUT2D eigenvalue weighted by Crippen LogP contribution is 2.31. The monoisotopic (exact) mass is 439 g/mol. The molecule has 9 nitrogen and oxygen atoms in total. The summed E-state index contributed by atoms with van der Waals surface area (Å²) in [5.74, 6) is 0.724. The molecule has 4 N–H and O–H groups in total. The summed E-state index contributed by atoms with van der Waals surface area (Å²) in [5, 5.41) is 17.0. The van der Waals surface area contributed by atoms with Crippen molar-refractivity contribution < 1.29 is 19.4 Å². The molecule has 1 aromatic carbocycles. The Morgan fingerprint density at radius 2 is 2.00 bits per heavy atom. The second kappa shape index (κ2) is 8.94. The van der Waals surface area contributed by atoms with Crippen molar-refractivity contribution in [2.24, 2.45) is 5.73 Å². The van der Waals surface area contributed by atoms with E-state index in [0.29, 0.717) is 38.2 Å². The Hall–Kier alpha value is -3.49. The van der Waals surface area contributed by atoms with Gasteiger partial charge in [0.15, 0.2) is 11.6 Å². The molecule has 0 saturated carbocycles. The van der Waals surface area contributed by atoms with Crippen molar-refractivity contribution in [2.75, 3.05) is 31.1 Å². The minimum Gasteiger partial charge on any atom is -0.489 e. The van der Waals surface area contributed by atoms with Crippen molar-refractivity contribution in [3.63, 3.8) is 0 Å². The van der Waals surface area contributed by atoms with Crippen molar-refractivity contribution in [2.45, 2.75) is 38.3 Å². The van der Waals surface area contributed by atoms with Crippen LogP contribution in [0.4, 0.5) is 10.5 Å². The number of hydrogen-bond donors (Lipinski definition) is 3. The van der Waals surface area contributed by atoms with E-state index < -0.39 is 11.8 Å². The summed E-state index contributed by atoms with van der Waals surface area (Å²) < 4.78 is 11.4. The third-order valence-electron chi connectivity index (χ3n) is 6.26. The Bertz CT molecular complexity index is 1000. The van der Waals surface area contributed by atoms with E-state index in [4.69, 9.17) is 20.6 Å². The maximum Gasteiger partial charge on any atom is 0.506 e. The minimum atomic E-state index is -1.29. The number of benzene rings is 1. The van der Waals surface area contributed by atoms with E-state index in [-0.39, 0.29) is 12.6 Å². The first-order valence-corrected chi connectivity index (χ1v) is 10.8. The molecule has 32 heavy (non-hydrogen) atoms. The summed E-state index contributed by atoms with van der Waals surface area (Å²) in [6, 6.07) is 9.88. The number of nitrogens with two attached hydrogens (primary N) is 1. The molecular weight excluding hydrogens is 410 g/mol. The van der Waals surface area contributed by atoms with E-state index in [2.05, 4.69) is 9.88 Å². The van der Waals surface area contributed by atoms with Crippen molar-refractivity contribution >= 4 is 17.8 Å². The molecule has 0 radical (unpaired) electrons. The van der Waals surface area contributed by atoms with Crippen LogP contribution in [0.2, 0.25) is 0 Å². The van der Waals surface area contributed by atoms with Crippen LogP contribution in [-0.4, -0.2) is 58.9 Å². The Kier molecular flexibility index (Phi) is 6.07. The summed E-state index contributed by atoms with van der Waals surface area (Å²) in [7, 11) is 0. The fraction of sp³-hybridized carbons (Fsp3) is 0.435. The Morgan fingerprint density at radius 3 is 2.69 bits per heavy atom. The van der Waals surface area contributed by atoms with Crippen LogP contribution in [0.15, 0.2) is 36.5 Å². The average molecular weight is 440 g/mol. The van der Waals surface area contributed by atoms with Crippen LogP contribution in [0.5, 0.6) is 5.75 Å². The number of nitrogens with one attached hydrogen (secondary N) is 1. The second-order valence-corrected chi connectivity index (χ2v) is 8.47. The molecule has 1 aromatic heterocycles. The Balaban J connectivity index is 1.43. The zero-order valence-electron chi connectivity index (χ0n) is 18.2. The van der Waals surface area contributed by atoms with Gasteiger partial charge in [-0.25, -0.2) is 4.79 Å². The van der Waals surface area contributed by atoms with Gasteiger partial charge in [0, 0.05) is 56.6 Å². The fourth-order valence-electron chi connectivity index (χ4n) is 4.40. The molecule has 0 spiro atoms. The number of guanidine groups is 1. The minimum absolute atomic E-state index is 0.0620. The Morgan fingerprint density at radius 1 is 1.22 bits per heavy atom.